The van der Waals surface area contributed by atoms with Crippen LogP contribution in [0.3, 0.4) is 0 Å². The van der Waals surface area contributed by atoms with Crippen molar-refractivity contribution in [3.05, 3.63) is 100 Å². The Hall–Kier alpha value is -3.16. The SMILES string of the molecule is N[C@@H]1C[C@H]1c1ccc(NC(=O)C(Cc2ccc(Br)cc2)NC(=O)OCc2ccccc2)cc1. The lowest BCUT2D eigenvalue weighted by Crippen LogP contribution is -2.45. The zero-order chi connectivity index (χ0) is 23.2. The maximum absolute atomic E-state index is 13.1. The van der Waals surface area contributed by atoms with Gasteiger partial charge >= 0.3 is 6.09 Å². The van der Waals surface area contributed by atoms with E-state index >= 15 is 0 Å². The molecule has 3 atom stereocenters. The van der Waals surface area contributed by atoms with Crippen LogP contribution in [0.4, 0.5) is 10.5 Å². The summed E-state index contributed by atoms with van der Waals surface area (Å²) >= 11 is 3.42. The highest BCUT2D eigenvalue weighted by atomic mass is 79.9. The molecule has 1 unspecified atom stereocenters. The summed E-state index contributed by atoms with van der Waals surface area (Å²) in [5.74, 6) is 0.0893. The van der Waals surface area contributed by atoms with E-state index in [0.29, 0.717) is 18.0 Å². The van der Waals surface area contributed by atoms with Gasteiger partial charge in [-0.1, -0.05) is 70.5 Å². The molecule has 33 heavy (non-hydrogen) atoms. The van der Waals surface area contributed by atoms with Gasteiger partial charge in [-0.3, -0.25) is 4.79 Å². The number of carbonyl (C=O) groups is 2. The summed E-state index contributed by atoms with van der Waals surface area (Å²) < 4.78 is 6.27. The number of amides is 2. The number of benzene rings is 3. The third kappa shape index (κ3) is 6.66. The van der Waals surface area contributed by atoms with Gasteiger partial charge in [-0.05, 0) is 47.4 Å². The third-order valence-corrected chi connectivity index (χ3v) is 6.15. The topological polar surface area (TPSA) is 93.5 Å². The average molecular weight is 508 g/mol. The van der Waals surface area contributed by atoms with Crippen molar-refractivity contribution in [3.63, 3.8) is 0 Å². The van der Waals surface area contributed by atoms with E-state index in [-0.39, 0.29) is 18.6 Å². The van der Waals surface area contributed by atoms with Gasteiger partial charge in [0.1, 0.15) is 12.6 Å². The van der Waals surface area contributed by atoms with E-state index in [2.05, 4.69) is 26.6 Å². The van der Waals surface area contributed by atoms with Crippen LogP contribution in [-0.4, -0.2) is 24.1 Å². The Morgan fingerprint density at radius 2 is 1.64 bits per heavy atom. The Bertz CT molecular complexity index is 1090. The van der Waals surface area contributed by atoms with Crippen molar-refractivity contribution in [2.24, 2.45) is 5.73 Å². The summed E-state index contributed by atoms with van der Waals surface area (Å²) in [4.78, 5) is 25.5. The monoisotopic (exact) mass is 507 g/mol. The van der Waals surface area contributed by atoms with Crippen molar-refractivity contribution in [1.82, 2.24) is 5.32 Å². The van der Waals surface area contributed by atoms with Crippen LogP contribution >= 0.6 is 15.9 Å². The number of nitrogens with two attached hydrogens (primary N) is 1. The van der Waals surface area contributed by atoms with E-state index in [1.165, 1.54) is 5.56 Å². The molecular weight excluding hydrogens is 482 g/mol. The van der Waals surface area contributed by atoms with Crippen LogP contribution in [-0.2, 0) is 22.6 Å². The smallest absolute Gasteiger partial charge is 0.408 e. The zero-order valence-electron chi connectivity index (χ0n) is 18.0. The second-order valence-corrected chi connectivity index (χ2v) is 9.12. The van der Waals surface area contributed by atoms with Crippen LogP contribution < -0.4 is 16.4 Å². The first-order valence-corrected chi connectivity index (χ1v) is 11.7. The van der Waals surface area contributed by atoms with E-state index in [0.717, 1.165) is 22.0 Å². The van der Waals surface area contributed by atoms with E-state index < -0.39 is 12.1 Å². The van der Waals surface area contributed by atoms with Gasteiger partial charge in [-0.25, -0.2) is 4.79 Å². The van der Waals surface area contributed by atoms with Crippen molar-refractivity contribution >= 4 is 33.6 Å². The highest BCUT2D eigenvalue weighted by molar-refractivity contribution is 9.10. The number of nitrogens with one attached hydrogen (secondary N) is 2. The standard InChI is InChI=1S/C26H26BrN3O3/c27-20-10-6-17(7-11-20)14-24(30-26(32)33-16-18-4-2-1-3-5-18)25(31)29-21-12-8-19(9-13-21)22-15-23(22)28/h1-13,22-24H,14-16,28H2,(H,29,31)(H,30,32)/t22-,23+,24?/m0/s1. The Kier molecular flexibility index (Phi) is 7.42. The molecule has 0 bridgehead atoms. The minimum Gasteiger partial charge on any atom is -0.445 e. The second-order valence-electron chi connectivity index (χ2n) is 8.21. The van der Waals surface area contributed by atoms with Gasteiger partial charge in [-0.2, -0.15) is 0 Å². The van der Waals surface area contributed by atoms with Crippen molar-refractivity contribution < 1.29 is 14.3 Å². The van der Waals surface area contributed by atoms with Crippen LogP contribution in [0.1, 0.15) is 29.0 Å². The molecule has 1 saturated carbocycles. The van der Waals surface area contributed by atoms with Crippen LogP contribution in [0.15, 0.2) is 83.3 Å². The lowest BCUT2D eigenvalue weighted by Gasteiger charge is -2.19. The molecule has 1 aliphatic carbocycles. The first-order chi connectivity index (χ1) is 16.0. The summed E-state index contributed by atoms with van der Waals surface area (Å²) in [5, 5.41) is 5.62. The molecule has 0 aliphatic heterocycles. The molecule has 4 rings (SSSR count). The number of rotatable bonds is 8. The highest BCUT2D eigenvalue weighted by Gasteiger charge is 2.34. The van der Waals surface area contributed by atoms with E-state index in [4.69, 9.17) is 10.5 Å². The van der Waals surface area contributed by atoms with Gasteiger partial charge in [0.05, 0.1) is 0 Å². The van der Waals surface area contributed by atoms with Crippen LogP contribution in [0.2, 0.25) is 0 Å². The Labute approximate surface area is 201 Å². The van der Waals surface area contributed by atoms with Gasteiger partial charge in [0.25, 0.3) is 0 Å². The number of anilines is 1. The minimum atomic E-state index is -0.800. The maximum atomic E-state index is 13.1. The Balaban J connectivity index is 1.41. The predicted molar refractivity (Wildman–Crippen MR) is 132 cm³/mol. The molecule has 170 valence electrons. The molecule has 1 aliphatic rings. The largest absolute Gasteiger partial charge is 0.445 e. The molecule has 3 aromatic carbocycles. The molecule has 0 aromatic heterocycles. The summed E-state index contributed by atoms with van der Waals surface area (Å²) in [6.45, 7) is 0.129. The number of ether oxygens (including phenoxy) is 1. The van der Waals surface area contributed by atoms with Crippen molar-refractivity contribution in [1.29, 1.82) is 0 Å². The molecule has 1 fully saturated rings. The van der Waals surface area contributed by atoms with Gasteiger partial charge in [0, 0.05) is 28.5 Å². The first-order valence-electron chi connectivity index (χ1n) is 10.9. The van der Waals surface area contributed by atoms with Crippen molar-refractivity contribution in [3.8, 4) is 0 Å². The Morgan fingerprint density at radius 1 is 0.970 bits per heavy atom. The van der Waals surface area contributed by atoms with Crippen LogP contribution in [0, 0.1) is 0 Å². The lowest BCUT2D eigenvalue weighted by atomic mass is 10.0. The summed E-state index contributed by atoms with van der Waals surface area (Å²) in [7, 11) is 0. The van der Waals surface area contributed by atoms with Crippen LogP contribution in [0.25, 0.3) is 0 Å². The van der Waals surface area contributed by atoms with Gasteiger partial charge in [0.2, 0.25) is 5.91 Å². The van der Waals surface area contributed by atoms with Gasteiger partial charge < -0.3 is 21.1 Å². The number of hydrogen-bond donors (Lipinski definition) is 3. The maximum Gasteiger partial charge on any atom is 0.408 e. The third-order valence-electron chi connectivity index (χ3n) is 5.62. The summed E-state index contributed by atoms with van der Waals surface area (Å²) in [6, 6.07) is 24.1. The molecular formula is C26H26BrN3O3. The molecule has 4 N–H and O–H groups in total. The fraction of sp³-hybridized carbons (Fsp3) is 0.231. The molecule has 0 spiro atoms. The van der Waals surface area contributed by atoms with Gasteiger partial charge in [0.15, 0.2) is 0 Å². The molecule has 0 saturated heterocycles. The minimum absolute atomic E-state index is 0.129. The summed E-state index contributed by atoms with van der Waals surface area (Å²) in [5.41, 5.74) is 9.55. The number of carbonyl (C=O) groups excluding carboxylic acids is 2. The second kappa shape index (κ2) is 10.6. The number of alkyl carbamates (subject to hydrolysis) is 1. The summed E-state index contributed by atoms with van der Waals surface area (Å²) in [6.07, 6.45) is 0.680. The number of halogens is 1. The average Bonchev–Trinajstić information content (AvgIpc) is 3.56. The van der Waals surface area contributed by atoms with E-state index in [1.54, 1.807) is 0 Å². The highest BCUT2D eigenvalue weighted by Crippen LogP contribution is 2.39. The molecule has 0 radical (unpaired) electrons. The van der Waals surface area contributed by atoms with Gasteiger partial charge in [-0.15, -0.1) is 0 Å². The molecule has 3 aromatic rings. The normalized spacial score (nSPS) is 17.6. The fourth-order valence-electron chi connectivity index (χ4n) is 3.61. The van der Waals surface area contributed by atoms with Crippen molar-refractivity contribution in [2.45, 2.75) is 37.5 Å². The number of hydrogen-bond acceptors (Lipinski definition) is 4. The predicted octanol–water partition coefficient (Wildman–Crippen LogP) is 4.74. The first kappa shape index (κ1) is 23.0. The lowest BCUT2D eigenvalue weighted by molar-refractivity contribution is -0.118. The van der Waals surface area contributed by atoms with Crippen molar-refractivity contribution in [2.75, 3.05) is 5.32 Å². The molecule has 2 amide bonds. The molecule has 7 heteroatoms. The van der Waals surface area contributed by atoms with E-state index in [9.17, 15) is 9.59 Å². The molecule has 6 nitrogen and oxygen atoms in total. The van der Waals surface area contributed by atoms with E-state index in [1.807, 2.05) is 78.9 Å². The Morgan fingerprint density at radius 3 is 2.27 bits per heavy atom. The fourth-order valence-corrected chi connectivity index (χ4v) is 3.88. The quantitative estimate of drug-likeness (QED) is 0.410. The molecule has 0 heterocycles. The van der Waals surface area contributed by atoms with Crippen LogP contribution in [0.5, 0.6) is 0 Å². The zero-order valence-corrected chi connectivity index (χ0v) is 19.6.